The van der Waals surface area contributed by atoms with Gasteiger partial charge in [-0.25, -0.2) is 0 Å². The predicted octanol–water partition coefficient (Wildman–Crippen LogP) is 2.75. The highest BCUT2D eigenvalue weighted by Crippen LogP contribution is 2.18. The van der Waals surface area contributed by atoms with E-state index in [2.05, 4.69) is 48.5 Å². The van der Waals surface area contributed by atoms with Gasteiger partial charge in [-0.3, -0.25) is 4.79 Å². The molecule has 0 aliphatic carbocycles. The molecule has 0 saturated heterocycles. The van der Waals surface area contributed by atoms with Gasteiger partial charge >= 0.3 is 5.97 Å². The average molecular weight is 292 g/mol. The number of esters is 1. The van der Waals surface area contributed by atoms with Crippen molar-refractivity contribution in [2.24, 2.45) is 0 Å². The molecule has 0 aliphatic rings. The Bertz CT molecular complexity index is 445. The van der Waals surface area contributed by atoms with Crippen LogP contribution >= 0.6 is 0 Å². The Kier molecular flexibility index (Phi) is 6.69. The molecule has 1 rings (SSSR count). The average Bonchev–Trinajstić information content (AvgIpc) is 2.47. The molecule has 21 heavy (non-hydrogen) atoms. The Balaban J connectivity index is 2.53. The van der Waals surface area contributed by atoms with Crippen molar-refractivity contribution in [3.63, 3.8) is 0 Å². The Morgan fingerprint density at radius 1 is 1.33 bits per heavy atom. The van der Waals surface area contributed by atoms with E-state index in [1.54, 1.807) is 0 Å². The lowest BCUT2D eigenvalue weighted by Gasteiger charge is -2.28. The van der Waals surface area contributed by atoms with E-state index < -0.39 is 5.54 Å². The van der Waals surface area contributed by atoms with Gasteiger partial charge in [0.05, 0.1) is 7.11 Å². The number of methoxy groups -OCH3 is 1. The van der Waals surface area contributed by atoms with Gasteiger partial charge in [-0.15, -0.1) is 0 Å². The summed E-state index contributed by atoms with van der Waals surface area (Å²) >= 11 is 0. The predicted molar refractivity (Wildman–Crippen MR) is 87.8 cm³/mol. The molecule has 118 valence electrons. The normalized spacial score (nSPS) is 13.6. The number of likely N-dealkylation sites (N-methyl/N-ethyl adjacent to an activating group) is 1. The third-order valence-electron chi connectivity index (χ3n) is 3.85. The van der Waals surface area contributed by atoms with E-state index >= 15 is 0 Å². The highest BCUT2D eigenvalue weighted by molar-refractivity contribution is 5.80. The number of aryl methyl sites for hydroxylation is 1. The molecule has 1 unspecified atom stereocenters. The standard InChI is InChI=1S/C17H28N2O2/c1-6-18-17(3,16(20)21-5)12-7-13-19(4)15-10-8-14(2)9-11-15/h8-11,18H,6-7,12-13H2,1-5H3. The molecule has 1 N–H and O–H groups in total. The van der Waals surface area contributed by atoms with E-state index in [4.69, 9.17) is 4.74 Å². The van der Waals surface area contributed by atoms with Gasteiger partial charge in [0, 0.05) is 19.3 Å². The number of rotatable bonds is 8. The van der Waals surface area contributed by atoms with E-state index in [0.717, 1.165) is 25.9 Å². The number of nitrogens with zero attached hydrogens (tertiary/aromatic N) is 1. The molecule has 0 saturated carbocycles. The first kappa shape index (κ1) is 17.5. The van der Waals surface area contributed by atoms with Gasteiger partial charge in [0.25, 0.3) is 0 Å². The number of anilines is 1. The number of carbonyl (C=O) groups is 1. The molecule has 0 aromatic heterocycles. The molecular formula is C17H28N2O2. The van der Waals surface area contributed by atoms with Crippen molar-refractivity contribution in [3.05, 3.63) is 29.8 Å². The molecule has 0 fully saturated rings. The summed E-state index contributed by atoms with van der Waals surface area (Å²) in [6.07, 6.45) is 1.67. The monoisotopic (exact) mass is 292 g/mol. The van der Waals surface area contributed by atoms with Gasteiger partial charge in [0.2, 0.25) is 0 Å². The number of hydrogen-bond donors (Lipinski definition) is 1. The van der Waals surface area contributed by atoms with Crippen LogP contribution in [0.25, 0.3) is 0 Å². The molecular weight excluding hydrogens is 264 g/mol. The second-order valence-corrected chi connectivity index (χ2v) is 5.71. The van der Waals surface area contributed by atoms with Gasteiger partial charge < -0.3 is 15.0 Å². The molecule has 0 amide bonds. The second kappa shape index (κ2) is 8.03. The highest BCUT2D eigenvalue weighted by Gasteiger charge is 2.32. The fourth-order valence-corrected chi connectivity index (χ4v) is 2.48. The van der Waals surface area contributed by atoms with Crippen LogP contribution in [0.5, 0.6) is 0 Å². The van der Waals surface area contributed by atoms with Crippen LogP contribution in [0.1, 0.15) is 32.3 Å². The van der Waals surface area contributed by atoms with Crippen molar-refractivity contribution in [1.82, 2.24) is 5.32 Å². The van der Waals surface area contributed by atoms with Gasteiger partial charge in [-0.05, 0) is 45.4 Å². The lowest BCUT2D eigenvalue weighted by atomic mass is 9.95. The molecule has 4 nitrogen and oxygen atoms in total. The second-order valence-electron chi connectivity index (χ2n) is 5.71. The molecule has 0 bridgehead atoms. The summed E-state index contributed by atoms with van der Waals surface area (Å²) < 4.78 is 4.91. The van der Waals surface area contributed by atoms with Crippen LogP contribution in [0.15, 0.2) is 24.3 Å². The lowest BCUT2D eigenvalue weighted by molar-refractivity contribution is -0.148. The first-order valence-corrected chi connectivity index (χ1v) is 7.54. The molecule has 1 aromatic rings. The molecule has 1 atom stereocenters. The van der Waals surface area contributed by atoms with Crippen molar-refractivity contribution < 1.29 is 9.53 Å². The van der Waals surface area contributed by atoms with Gasteiger partial charge in [-0.1, -0.05) is 24.6 Å². The van der Waals surface area contributed by atoms with Crippen molar-refractivity contribution >= 4 is 11.7 Å². The largest absolute Gasteiger partial charge is 0.468 e. The Morgan fingerprint density at radius 2 is 1.95 bits per heavy atom. The quantitative estimate of drug-likeness (QED) is 0.748. The zero-order chi connectivity index (χ0) is 15.9. The summed E-state index contributed by atoms with van der Waals surface area (Å²) in [5.41, 5.74) is 1.86. The van der Waals surface area contributed by atoms with E-state index in [-0.39, 0.29) is 5.97 Å². The minimum absolute atomic E-state index is 0.192. The fraction of sp³-hybridized carbons (Fsp3) is 0.588. The Morgan fingerprint density at radius 3 is 2.48 bits per heavy atom. The van der Waals surface area contributed by atoms with Crippen LogP contribution in [0.3, 0.4) is 0 Å². The van der Waals surface area contributed by atoms with Crippen LogP contribution in [0.2, 0.25) is 0 Å². The zero-order valence-electron chi connectivity index (χ0n) is 13.9. The molecule has 1 aromatic carbocycles. The summed E-state index contributed by atoms with van der Waals surface area (Å²) in [7, 11) is 3.52. The number of ether oxygens (including phenoxy) is 1. The van der Waals surface area contributed by atoms with Crippen LogP contribution < -0.4 is 10.2 Å². The molecule has 0 spiro atoms. The Labute approximate surface area is 128 Å². The molecule has 0 heterocycles. The highest BCUT2D eigenvalue weighted by atomic mass is 16.5. The smallest absolute Gasteiger partial charge is 0.325 e. The Hall–Kier alpha value is -1.55. The van der Waals surface area contributed by atoms with Crippen molar-refractivity contribution in [2.45, 2.75) is 39.2 Å². The van der Waals surface area contributed by atoms with Crippen LogP contribution in [-0.4, -0.2) is 38.8 Å². The van der Waals surface area contributed by atoms with Crippen LogP contribution in [0, 0.1) is 6.92 Å². The first-order chi connectivity index (χ1) is 9.92. The molecule has 0 aliphatic heterocycles. The first-order valence-electron chi connectivity index (χ1n) is 7.54. The molecule has 4 heteroatoms. The third-order valence-corrected chi connectivity index (χ3v) is 3.85. The third kappa shape index (κ3) is 5.05. The van der Waals surface area contributed by atoms with Crippen molar-refractivity contribution in [2.75, 3.05) is 32.1 Å². The maximum Gasteiger partial charge on any atom is 0.325 e. The van der Waals surface area contributed by atoms with Crippen LogP contribution in [-0.2, 0) is 9.53 Å². The van der Waals surface area contributed by atoms with Crippen molar-refractivity contribution in [1.29, 1.82) is 0 Å². The van der Waals surface area contributed by atoms with Crippen molar-refractivity contribution in [3.8, 4) is 0 Å². The maximum atomic E-state index is 11.9. The fourth-order valence-electron chi connectivity index (χ4n) is 2.48. The lowest BCUT2D eigenvalue weighted by Crippen LogP contribution is -2.50. The van der Waals surface area contributed by atoms with E-state index in [1.165, 1.54) is 18.4 Å². The van der Waals surface area contributed by atoms with E-state index in [9.17, 15) is 4.79 Å². The summed E-state index contributed by atoms with van der Waals surface area (Å²) in [4.78, 5) is 14.1. The zero-order valence-corrected chi connectivity index (χ0v) is 13.9. The van der Waals surface area contributed by atoms with Gasteiger partial charge in [0.1, 0.15) is 5.54 Å². The summed E-state index contributed by atoms with van der Waals surface area (Å²) in [5, 5.41) is 3.24. The van der Waals surface area contributed by atoms with E-state index in [0.29, 0.717) is 0 Å². The summed E-state index contributed by atoms with van der Waals surface area (Å²) in [5.74, 6) is -0.192. The number of hydrogen-bond acceptors (Lipinski definition) is 4. The number of benzene rings is 1. The summed E-state index contributed by atoms with van der Waals surface area (Å²) in [6, 6.07) is 8.48. The maximum absolute atomic E-state index is 11.9. The van der Waals surface area contributed by atoms with Gasteiger partial charge in [-0.2, -0.15) is 0 Å². The minimum atomic E-state index is -0.600. The minimum Gasteiger partial charge on any atom is -0.468 e. The summed E-state index contributed by atoms with van der Waals surface area (Å²) in [6.45, 7) is 7.65. The number of carbonyl (C=O) groups excluding carboxylic acids is 1. The van der Waals surface area contributed by atoms with E-state index in [1.807, 2.05) is 13.8 Å². The topological polar surface area (TPSA) is 41.6 Å². The van der Waals surface area contributed by atoms with Crippen LogP contribution in [0.4, 0.5) is 5.69 Å². The molecule has 0 radical (unpaired) electrons. The number of nitrogens with one attached hydrogen (secondary N) is 1. The van der Waals surface area contributed by atoms with Gasteiger partial charge in [0.15, 0.2) is 0 Å². The SMILES string of the molecule is CCNC(C)(CCCN(C)c1ccc(C)cc1)C(=O)OC.